The molecule has 0 aliphatic carbocycles. The van der Waals surface area contributed by atoms with Gasteiger partial charge >= 0.3 is 0 Å². The van der Waals surface area contributed by atoms with E-state index in [4.69, 9.17) is 0 Å². The molecule has 0 aliphatic rings. The van der Waals surface area contributed by atoms with Gasteiger partial charge < -0.3 is 0 Å². The van der Waals surface area contributed by atoms with E-state index in [9.17, 15) is 0 Å². The summed E-state index contributed by atoms with van der Waals surface area (Å²) in [7, 11) is 0. The molecule has 3 aromatic rings. The number of aromatic nitrogens is 3. The highest BCUT2D eigenvalue weighted by molar-refractivity contribution is 7.09. The van der Waals surface area contributed by atoms with Crippen molar-refractivity contribution in [3.63, 3.8) is 0 Å². The number of benzene rings is 1. The van der Waals surface area contributed by atoms with Crippen LogP contribution in [-0.4, -0.2) is 19.7 Å². The maximum absolute atomic E-state index is 4.19. The lowest BCUT2D eigenvalue weighted by Gasteiger charge is -2.21. The van der Waals surface area contributed by atoms with Gasteiger partial charge in [0.1, 0.15) is 12.7 Å². The molecule has 2 heterocycles. The summed E-state index contributed by atoms with van der Waals surface area (Å²) in [5.41, 5.74) is 1.31. The van der Waals surface area contributed by atoms with Crippen molar-refractivity contribution < 1.29 is 0 Å². The number of rotatable bonds is 6. The van der Waals surface area contributed by atoms with Gasteiger partial charge in [-0.2, -0.15) is 5.10 Å². The number of thiophene rings is 1. The van der Waals surface area contributed by atoms with Gasteiger partial charge in [0.2, 0.25) is 0 Å². The highest BCUT2D eigenvalue weighted by Gasteiger charge is 2.09. The van der Waals surface area contributed by atoms with Gasteiger partial charge in [0, 0.05) is 18.0 Å². The van der Waals surface area contributed by atoms with E-state index in [0.29, 0.717) is 0 Å². The predicted octanol–water partition coefficient (Wildman–Crippen LogP) is 3.00. The Kier molecular flexibility index (Phi) is 4.20. The van der Waals surface area contributed by atoms with Crippen LogP contribution in [0.3, 0.4) is 0 Å². The molecule has 0 saturated carbocycles. The number of hydrogen-bond donors (Lipinski definition) is 0. The van der Waals surface area contributed by atoms with Crippen molar-refractivity contribution in [2.75, 3.05) is 0 Å². The van der Waals surface area contributed by atoms with Crippen molar-refractivity contribution in [1.82, 2.24) is 19.7 Å². The maximum Gasteiger partial charge on any atom is 0.137 e. The first kappa shape index (κ1) is 13.0. The maximum atomic E-state index is 4.19. The van der Waals surface area contributed by atoms with Crippen molar-refractivity contribution in [3.05, 3.63) is 70.9 Å². The van der Waals surface area contributed by atoms with Gasteiger partial charge in [-0.3, -0.25) is 4.90 Å². The standard InChI is InChI=1S/C15H16N4S/c1-2-5-14(6-3-1)9-18(10-15-7-4-8-20-15)13-19-12-16-11-17-19/h1-8,11-12H,9-10,13H2. The third-order valence-electron chi connectivity index (χ3n) is 3.02. The predicted molar refractivity (Wildman–Crippen MR) is 80.0 cm³/mol. The zero-order valence-corrected chi connectivity index (χ0v) is 11.9. The highest BCUT2D eigenvalue weighted by Crippen LogP contribution is 2.15. The van der Waals surface area contributed by atoms with Crippen LogP contribution in [0.4, 0.5) is 0 Å². The summed E-state index contributed by atoms with van der Waals surface area (Å²) in [4.78, 5) is 7.73. The van der Waals surface area contributed by atoms with Crippen LogP contribution in [0.2, 0.25) is 0 Å². The molecule has 20 heavy (non-hydrogen) atoms. The first-order chi connectivity index (χ1) is 9.90. The fourth-order valence-corrected chi connectivity index (χ4v) is 2.88. The molecule has 2 aromatic heterocycles. The van der Waals surface area contributed by atoms with E-state index in [0.717, 1.165) is 19.8 Å². The second kappa shape index (κ2) is 6.45. The fraction of sp³-hybridized carbons (Fsp3) is 0.200. The zero-order valence-electron chi connectivity index (χ0n) is 11.1. The van der Waals surface area contributed by atoms with Crippen LogP contribution in [0.1, 0.15) is 10.4 Å². The molecule has 0 N–H and O–H groups in total. The lowest BCUT2D eigenvalue weighted by Crippen LogP contribution is -2.25. The molecule has 0 fully saturated rings. The number of hydrogen-bond acceptors (Lipinski definition) is 4. The minimum atomic E-state index is 0.743. The van der Waals surface area contributed by atoms with E-state index in [1.165, 1.54) is 10.4 Å². The molecule has 0 unspecified atom stereocenters. The first-order valence-corrected chi connectivity index (χ1v) is 7.39. The van der Waals surface area contributed by atoms with Crippen LogP contribution in [0.15, 0.2) is 60.5 Å². The Morgan fingerprint density at radius 2 is 1.95 bits per heavy atom. The van der Waals surface area contributed by atoms with E-state index in [-0.39, 0.29) is 0 Å². The molecular formula is C15H16N4S. The normalized spacial score (nSPS) is 11.1. The van der Waals surface area contributed by atoms with E-state index in [1.54, 1.807) is 24.0 Å². The van der Waals surface area contributed by atoms with E-state index < -0.39 is 0 Å². The molecule has 0 amide bonds. The molecule has 0 atom stereocenters. The molecule has 3 rings (SSSR count). The first-order valence-electron chi connectivity index (χ1n) is 6.51. The molecule has 0 radical (unpaired) electrons. The van der Waals surface area contributed by atoms with Crippen molar-refractivity contribution >= 4 is 11.3 Å². The molecule has 5 heteroatoms. The van der Waals surface area contributed by atoms with Crippen molar-refractivity contribution in [2.45, 2.75) is 19.8 Å². The van der Waals surface area contributed by atoms with Gasteiger partial charge in [0.15, 0.2) is 0 Å². The average Bonchev–Trinajstić information content (AvgIpc) is 3.13. The molecule has 102 valence electrons. The molecular weight excluding hydrogens is 268 g/mol. The summed E-state index contributed by atoms with van der Waals surface area (Å²) in [6.07, 6.45) is 3.33. The van der Waals surface area contributed by atoms with Crippen LogP contribution < -0.4 is 0 Å². The Bertz CT molecular complexity index is 568. The van der Waals surface area contributed by atoms with Crippen LogP contribution in [0, 0.1) is 0 Å². The summed E-state index contributed by atoms with van der Waals surface area (Å²) >= 11 is 1.79. The smallest absolute Gasteiger partial charge is 0.137 e. The molecule has 4 nitrogen and oxygen atoms in total. The van der Waals surface area contributed by atoms with E-state index >= 15 is 0 Å². The summed E-state index contributed by atoms with van der Waals surface area (Å²) in [6.45, 7) is 2.57. The topological polar surface area (TPSA) is 34.0 Å². The third kappa shape index (κ3) is 3.53. The van der Waals surface area contributed by atoms with Crippen molar-refractivity contribution in [2.24, 2.45) is 0 Å². The molecule has 0 bridgehead atoms. The van der Waals surface area contributed by atoms with Crippen molar-refractivity contribution in [1.29, 1.82) is 0 Å². The summed E-state index contributed by atoms with van der Waals surface area (Å²) in [6, 6.07) is 14.8. The Labute approximate surface area is 122 Å². The van der Waals surface area contributed by atoms with Gasteiger partial charge in [0.05, 0.1) is 6.67 Å². The Balaban J connectivity index is 1.72. The quantitative estimate of drug-likeness (QED) is 0.698. The monoisotopic (exact) mass is 284 g/mol. The van der Waals surface area contributed by atoms with Crippen LogP contribution in [0.5, 0.6) is 0 Å². The second-order valence-corrected chi connectivity index (χ2v) is 5.66. The van der Waals surface area contributed by atoms with Crippen LogP contribution in [0.25, 0.3) is 0 Å². The van der Waals surface area contributed by atoms with Gasteiger partial charge in [0.25, 0.3) is 0 Å². The Hall–Kier alpha value is -1.98. The minimum absolute atomic E-state index is 0.743. The molecule has 0 saturated heterocycles. The number of nitrogens with zero attached hydrogens (tertiary/aromatic N) is 4. The van der Waals surface area contributed by atoms with Gasteiger partial charge in [-0.25, -0.2) is 9.67 Å². The largest absolute Gasteiger partial charge is 0.275 e. The summed E-state index contributed by atoms with van der Waals surface area (Å²) in [5.74, 6) is 0. The average molecular weight is 284 g/mol. The minimum Gasteiger partial charge on any atom is -0.275 e. The zero-order chi connectivity index (χ0) is 13.6. The van der Waals surface area contributed by atoms with Crippen LogP contribution in [-0.2, 0) is 19.8 Å². The molecule has 0 aliphatic heterocycles. The molecule has 1 aromatic carbocycles. The SMILES string of the molecule is c1ccc(CN(Cc2cccs2)Cn2cncn2)cc1. The molecule has 0 spiro atoms. The summed E-state index contributed by atoms with van der Waals surface area (Å²) in [5, 5.41) is 6.31. The highest BCUT2D eigenvalue weighted by atomic mass is 32.1. The van der Waals surface area contributed by atoms with E-state index in [2.05, 4.69) is 56.8 Å². The fourth-order valence-electron chi connectivity index (χ4n) is 2.13. The van der Waals surface area contributed by atoms with E-state index in [1.807, 2.05) is 10.7 Å². The third-order valence-corrected chi connectivity index (χ3v) is 3.88. The lowest BCUT2D eigenvalue weighted by molar-refractivity contribution is 0.191. The van der Waals surface area contributed by atoms with Gasteiger partial charge in [-0.05, 0) is 17.0 Å². The van der Waals surface area contributed by atoms with Crippen LogP contribution >= 0.6 is 11.3 Å². The second-order valence-electron chi connectivity index (χ2n) is 4.63. The van der Waals surface area contributed by atoms with Crippen molar-refractivity contribution in [3.8, 4) is 0 Å². The lowest BCUT2D eigenvalue weighted by atomic mass is 10.2. The Morgan fingerprint density at radius 1 is 1.05 bits per heavy atom. The van der Waals surface area contributed by atoms with Gasteiger partial charge in [-0.1, -0.05) is 36.4 Å². The van der Waals surface area contributed by atoms with Gasteiger partial charge in [-0.15, -0.1) is 11.3 Å². The Morgan fingerprint density at radius 3 is 2.65 bits per heavy atom. The summed E-state index contributed by atoms with van der Waals surface area (Å²) < 4.78 is 1.86.